The van der Waals surface area contributed by atoms with Crippen molar-refractivity contribution in [3.63, 3.8) is 0 Å². The molecule has 0 spiro atoms. The maximum atomic E-state index is 13.1. The van der Waals surface area contributed by atoms with Crippen LogP contribution in [0.15, 0.2) is 65.6 Å². The number of hydrogen-bond acceptors (Lipinski definition) is 4. The molecule has 158 valence electrons. The van der Waals surface area contributed by atoms with E-state index in [4.69, 9.17) is 4.74 Å². The number of halogens is 4. The lowest BCUT2D eigenvalue weighted by atomic mass is 10.1. The quantitative estimate of drug-likeness (QED) is 0.425. The number of benzene rings is 2. The lowest BCUT2D eigenvalue weighted by Crippen LogP contribution is -2.23. The standard InChI is InChI=1S/C22H15F4N3O2/c1-13-9-18-20(27-11-13)19(14-3-2-4-17(10-14)31-12-23)28-29(21(18)30)16-7-5-15(6-8-16)22(24,25)26/h2-11H,12H2,1H3. The van der Waals surface area contributed by atoms with Crippen LogP contribution in [0, 0.1) is 6.92 Å². The molecule has 9 heteroatoms. The summed E-state index contributed by atoms with van der Waals surface area (Å²) in [6, 6.07) is 12.2. The molecule has 0 fully saturated rings. The maximum absolute atomic E-state index is 13.1. The van der Waals surface area contributed by atoms with Gasteiger partial charge in [-0.2, -0.15) is 23.0 Å². The van der Waals surface area contributed by atoms with E-state index < -0.39 is 24.2 Å². The van der Waals surface area contributed by atoms with Gasteiger partial charge in [0.2, 0.25) is 6.86 Å². The third-order valence-corrected chi connectivity index (χ3v) is 4.64. The molecule has 2 heterocycles. The zero-order valence-electron chi connectivity index (χ0n) is 16.2. The summed E-state index contributed by atoms with van der Waals surface area (Å²) in [5.74, 6) is 0.259. The van der Waals surface area contributed by atoms with Gasteiger partial charge in [0.05, 0.1) is 16.6 Å². The van der Waals surface area contributed by atoms with Gasteiger partial charge >= 0.3 is 6.18 Å². The highest BCUT2D eigenvalue weighted by atomic mass is 19.4. The molecule has 0 atom stereocenters. The summed E-state index contributed by atoms with van der Waals surface area (Å²) in [5.41, 5.74) is 0.668. The molecule has 0 amide bonds. The third kappa shape index (κ3) is 3.98. The van der Waals surface area contributed by atoms with Gasteiger partial charge in [-0.3, -0.25) is 9.78 Å². The maximum Gasteiger partial charge on any atom is 0.416 e. The van der Waals surface area contributed by atoms with Crippen LogP contribution in [-0.4, -0.2) is 21.6 Å². The number of hydrogen-bond donors (Lipinski definition) is 0. The second kappa shape index (κ2) is 7.82. The minimum atomic E-state index is -4.50. The van der Waals surface area contributed by atoms with E-state index in [1.54, 1.807) is 43.5 Å². The molecule has 0 radical (unpaired) electrons. The summed E-state index contributed by atoms with van der Waals surface area (Å²) < 4.78 is 57.2. The van der Waals surface area contributed by atoms with Crippen LogP contribution in [0.4, 0.5) is 17.6 Å². The molecular weight excluding hydrogens is 414 g/mol. The second-order valence-corrected chi connectivity index (χ2v) is 6.80. The molecule has 31 heavy (non-hydrogen) atoms. The lowest BCUT2D eigenvalue weighted by Gasteiger charge is -2.13. The van der Waals surface area contributed by atoms with E-state index in [1.165, 1.54) is 12.1 Å². The fraction of sp³-hybridized carbons (Fsp3) is 0.136. The minimum absolute atomic E-state index is 0.166. The van der Waals surface area contributed by atoms with Crippen molar-refractivity contribution < 1.29 is 22.3 Å². The zero-order valence-corrected chi connectivity index (χ0v) is 16.2. The van der Waals surface area contributed by atoms with Crippen LogP contribution >= 0.6 is 0 Å². The van der Waals surface area contributed by atoms with Gasteiger partial charge in [-0.15, -0.1) is 0 Å². The first-order chi connectivity index (χ1) is 14.8. The molecule has 0 N–H and O–H groups in total. The number of pyridine rings is 1. The van der Waals surface area contributed by atoms with Crippen molar-refractivity contribution in [3.8, 4) is 22.7 Å². The number of alkyl halides is 4. The zero-order chi connectivity index (χ0) is 22.2. The molecule has 5 nitrogen and oxygen atoms in total. The van der Waals surface area contributed by atoms with E-state index in [1.807, 2.05) is 0 Å². The van der Waals surface area contributed by atoms with Crippen molar-refractivity contribution in [1.29, 1.82) is 0 Å². The van der Waals surface area contributed by atoms with Gasteiger partial charge in [-0.1, -0.05) is 12.1 Å². The van der Waals surface area contributed by atoms with Gasteiger partial charge < -0.3 is 4.74 Å². The van der Waals surface area contributed by atoms with Gasteiger partial charge in [-0.25, -0.2) is 4.39 Å². The molecule has 2 aromatic carbocycles. The van der Waals surface area contributed by atoms with Crippen LogP contribution in [0.2, 0.25) is 0 Å². The number of rotatable bonds is 4. The van der Waals surface area contributed by atoms with Crippen molar-refractivity contribution in [2.45, 2.75) is 13.1 Å². The first kappa shape index (κ1) is 20.5. The van der Waals surface area contributed by atoms with E-state index in [-0.39, 0.29) is 16.8 Å². The highest BCUT2D eigenvalue weighted by Crippen LogP contribution is 2.30. The fourth-order valence-electron chi connectivity index (χ4n) is 3.19. The molecule has 0 aliphatic heterocycles. The van der Waals surface area contributed by atoms with Crippen LogP contribution in [0.1, 0.15) is 11.1 Å². The highest BCUT2D eigenvalue weighted by molar-refractivity contribution is 5.91. The van der Waals surface area contributed by atoms with Gasteiger partial charge in [0.25, 0.3) is 5.56 Å². The molecule has 0 saturated carbocycles. The molecule has 0 aliphatic rings. The van der Waals surface area contributed by atoms with Crippen LogP contribution < -0.4 is 10.3 Å². The smallest absolute Gasteiger partial charge is 0.416 e. The van der Waals surface area contributed by atoms with Crippen molar-refractivity contribution >= 4 is 10.9 Å². The monoisotopic (exact) mass is 429 g/mol. The van der Waals surface area contributed by atoms with Crippen LogP contribution in [0.5, 0.6) is 5.75 Å². The van der Waals surface area contributed by atoms with Crippen molar-refractivity contribution in [1.82, 2.24) is 14.8 Å². The normalized spacial score (nSPS) is 11.6. The predicted molar refractivity (Wildman–Crippen MR) is 107 cm³/mol. The minimum Gasteiger partial charge on any atom is -0.463 e. The summed E-state index contributed by atoms with van der Waals surface area (Å²) in [4.78, 5) is 17.4. The molecule has 4 rings (SSSR count). The predicted octanol–water partition coefficient (Wildman–Crippen LogP) is 5.08. The molecule has 0 bridgehead atoms. The summed E-state index contributed by atoms with van der Waals surface area (Å²) in [5, 5.41) is 4.63. The van der Waals surface area contributed by atoms with Crippen LogP contribution in [0.25, 0.3) is 27.8 Å². The van der Waals surface area contributed by atoms with Crippen LogP contribution in [0.3, 0.4) is 0 Å². The fourth-order valence-corrected chi connectivity index (χ4v) is 3.19. The van der Waals surface area contributed by atoms with E-state index in [0.717, 1.165) is 22.4 Å². The molecule has 4 aromatic rings. The largest absolute Gasteiger partial charge is 0.463 e. The average Bonchev–Trinajstić information content (AvgIpc) is 2.74. The van der Waals surface area contributed by atoms with E-state index in [9.17, 15) is 22.4 Å². The lowest BCUT2D eigenvalue weighted by molar-refractivity contribution is -0.137. The van der Waals surface area contributed by atoms with Crippen molar-refractivity contribution in [2.75, 3.05) is 6.86 Å². The van der Waals surface area contributed by atoms with Crippen LogP contribution in [-0.2, 0) is 6.18 Å². The van der Waals surface area contributed by atoms with E-state index in [0.29, 0.717) is 16.8 Å². The summed E-state index contributed by atoms with van der Waals surface area (Å²) in [7, 11) is 0. The topological polar surface area (TPSA) is 57.0 Å². The van der Waals surface area contributed by atoms with E-state index in [2.05, 4.69) is 10.1 Å². The van der Waals surface area contributed by atoms with Gasteiger partial charge in [0.15, 0.2) is 0 Å². The Bertz CT molecular complexity index is 1320. The van der Waals surface area contributed by atoms with Gasteiger partial charge in [0, 0.05) is 11.8 Å². The SMILES string of the molecule is Cc1cnc2c(-c3cccc(OCF)c3)nn(-c3ccc(C(F)(F)F)cc3)c(=O)c2c1. The Morgan fingerprint density at radius 1 is 1.06 bits per heavy atom. The first-order valence-electron chi connectivity index (χ1n) is 9.14. The molecule has 0 unspecified atom stereocenters. The number of ether oxygens (including phenoxy) is 1. The van der Waals surface area contributed by atoms with Crippen molar-refractivity contribution in [3.05, 3.63) is 82.3 Å². The number of fused-ring (bicyclic) bond motifs is 1. The Hall–Kier alpha value is -3.75. The van der Waals surface area contributed by atoms with Gasteiger partial charge in [-0.05, 0) is 55.0 Å². The Balaban J connectivity index is 1.96. The molecule has 0 aliphatic carbocycles. The Labute approximate surface area is 173 Å². The van der Waals surface area contributed by atoms with Gasteiger partial charge in [0.1, 0.15) is 17.0 Å². The van der Waals surface area contributed by atoms with Crippen molar-refractivity contribution in [2.24, 2.45) is 0 Å². The average molecular weight is 429 g/mol. The molecular formula is C22H15F4N3O2. The Kier molecular flexibility index (Phi) is 5.18. The van der Waals surface area contributed by atoms with E-state index >= 15 is 0 Å². The summed E-state index contributed by atoms with van der Waals surface area (Å²) in [6.07, 6.45) is -2.92. The molecule has 0 saturated heterocycles. The number of aromatic nitrogens is 3. The first-order valence-corrected chi connectivity index (χ1v) is 9.14. The third-order valence-electron chi connectivity index (χ3n) is 4.64. The molecule has 2 aromatic heterocycles. The summed E-state index contributed by atoms with van der Waals surface area (Å²) >= 11 is 0. The Morgan fingerprint density at radius 2 is 1.81 bits per heavy atom. The summed E-state index contributed by atoms with van der Waals surface area (Å²) in [6.45, 7) is 0.754. The highest BCUT2D eigenvalue weighted by Gasteiger charge is 2.30. The second-order valence-electron chi connectivity index (χ2n) is 6.80. The number of aryl methyl sites for hydroxylation is 1. The Morgan fingerprint density at radius 3 is 2.48 bits per heavy atom. The number of nitrogens with zero attached hydrogens (tertiary/aromatic N) is 3.